The molecule has 75 heavy (non-hydrogen) atoms. The second kappa shape index (κ2) is 171. The molecule has 0 atom stereocenters. The molecule has 4 rings (SSSR count). The maximum atomic E-state index is 9.98. The van der Waals surface area contributed by atoms with Gasteiger partial charge in [0.05, 0.1) is 0 Å². The van der Waals surface area contributed by atoms with E-state index in [0.29, 0.717) is 0 Å². The second-order valence-electron chi connectivity index (χ2n) is 7.84. The molecule has 4 aromatic heterocycles. The Labute approximate surface area is 530 Å². The minimum Gasteiger partial charge on any atom is -2.00 e. The third-order valence-corrected chi connectivity index (χ3v) is 3.98. The van der Waals surface area contributed by atoms with Crippen LogP contribution in [0.4, 0.5) is 23.3 Å². The van der Waals surface area contributed by atoms with Crippen molar-refractivity contribution in [3.05, 3.63) is 121 Å². The van der Waals surface area contributed by atoms with Crippen LogP contribution in [0.15, 0.2) is 121 Å². The van der Waals surface area contributed by atoms with Crippen molar-refractivity contribution < 1.29 is 278 Å². The first-order valence-electron chi connectivity index (χ1n) is 14.5. The Hall–Kier alpha value is -1.67. The summed E-state index contributed by atoms with van der Waals surface area (Å²) in [7, 11) is 4.50. The van der Waals surface area contributed by atoms with Crippen molar-refractivity contribution in [3.63, 3.8) is 0 Å². The zero-order chi connectivity index (χ0) is 41.6. The van der Waals surface area contributed by atoms with E-state index < -0.39 is 0 Å². The fourth-order valence-corrected chi connectivity index (χ4v) is 2.58. The monoisotopic (exact) mass is 1400 g/mol. The zero-order valence-electron chi connectivity index (χ0n) is 40.9. The van der Waals surface area contributed by atoms with Crippen molar-refractivity contribution in [3.8, 4) is 0 Å². The number of ketones is 2. The molecular weight excluding hydrogens is 1350 g/mol. The van der Waals surface area contributed by atoms with Crippen molar-refractivity contribution in [2.24, 2.45) is 0 Å². The standard InChI is InChI=1S/2C10H9N3.2C5H8O2.6CH3O.2Cu.2H2O.13O.6V/c2*1-3-7-11-9(5-1)13-10-6-2-4-8-12-10;2*1-4(6)3-5(2)7;6*1-2;;;;;;;;;;;;;;;;;;;;;;;/h2*1-8H,(H,11,12,13);2*3,6H,1-2H3;6*1H3;;;2*1H2;;;;;;;;;;;;;;;;;;;/q;;;;6*-1;2*+2;;;13*-2;;;;;;/p-2/b;;2*4-3-;;;;;;;;;;;;;;;;;;;;;;;;;;;;;. The molecule has 0 aromatic carbocycles. The number of aromatic nitrogens is 4. The summed E-state index contributed by atoms with van der Waals surface area (Å²) in [5.41, 5.74) is 0. The molecule has 4 heterocycles. The molecule has 0 aliphatic heterocycles. The molecule has 0 spiro atoms. The minimum atomic E-state index is -0.187. The summed E-state index contributed by atoms with van der Waals surface area (Å²) >= 11 is 0. The van der Waals surface area contributed by atoms with E-state index in [1.165, 1.54) is 27.7 Å². The van der Waals surface area contributed by atoms with Gasteiger partial charge in [0.15, 0.2) is 11.6 Å². The molecule has 0 fully saturated rings. The SMILES string of the molecule is CC(=O)/C=C(/C)[O-].CC(=O)/C=C(/C)[O-].C[O-].C[O-].C[O-].C[O-].C[O-].C[O-].O.O.[Cu+2].[Cu+2].[O-2].[O-2].[O-2].[O-2].[O-2].[O-2].[O-2].[O-2].[O-2].[O-2].[O-2].[O-2].[O-2].[V].[V].[V].[V].[V].[V].c1ccc(Nc2ccccn2)nc1.c1ccc(Nc2ccccn2)nc1. The van der Waals surface area contributed by atoms with Crippen LogP contribution < -0.4 is 51.5 Å². The van der Waals surface area contributed by atoms with Crippen LogP contribution in [0.2, 0.25) is 0 Å². The van der Waals surface area contributed by atoms with Crippen molar-refractivity contribution in [2.45, 2.75) is 27.7 Å². The number of allylic oxidation sites excluding steroid dienone is 4. The molecule has 0 saturated heterocycles. The van der Waals surface area contributed by atoms with Gasteiger partial charge in [0.25, 0.3) is 0 Å². The molecule has 31 nitrogen and oxygen atoms in total. The van der Waals surface area contributed by atoms with Crippen molar-refractivity contribution >= 4 is 34.8 Å². The van der Waals surface area contributed by atoms with E-state index in [4.69, 9.17) is 30.6 Å². The zero-order valence-corrected chi connectivity index (χ0v) is 51.1. The smallest absolute Gasteiger partial charge is 2.00 e. The van der Waals surface area contributed by atoms with Crippen molar-refractivity contribution in [1.82, 2.24) is 19.9 Å². The van der Waals surface area contributed by atoms with E-state index in [9.17, 15) is 19.8 Å². The van der Waals surface area contributed by atoms with Gasteiger partial charge in [-0.15, -0.1) is 11.5 Å². The predicted octanol–water partition coefficient (Wildman–Crippen LogP) is -5.24. The fraction of sp³-hybridized carbons (Fsp3) is 0.278. The van der Waals surface area contributed by atoms with Crippen molar-refractivity contribution in [1.29, 1.82) is 0 Å². The number of pyridine rings is 4. The average Bonchev–Trinajstić information content (AvgIpc) is 3.18. The van der Waals surface area contributed by atoms with E-state index in [-0.39, 0.29) is 251 Å². The van der Waals surface area contributed by atoms with Gasteiger partial charge in [0.2, 0.25) is 0 Å². The predicted molar refractivity (Wildman–Crippen MR) is 204 cm³/mol. The summed E-state index contributed by atoms with van der Waals surface area (Å²) in [5.74, 6) is 2.48. The minimum absolute atomic E-state index is 0. The van der Waals surface area contributed by atoms with Crippen LogP contribution in [0.25, 0.3) is 0 Å². The molecule has 0 bridgehead atoms. The molecular formula is C36H54Cu2N6O25V6-30. The van der Waals surface area contributed by atoms with Crippen LogP contribution >= 0.6 is 0 Å². The Morgan fingerprint density at radius 3 is 0.547 bits per heavy atom. The first-order valence-corrected chi connectivity index (χ1v) is 14.5. The molecule has 0 saturated carbocycles. The van der Waals surface area contributed by atoms with Gasteiger partial charge in [0.1, 0.15) is 23.3 Å². The molecule has 39 heteroatoms. The fourth-order valence-electron chi connectivity index (χ4n) is 2.58. The van der Waals surface area contributed by atoms with E-state index in [0.717, 1.165) is 78.1 Å². The normalized spacial score (nSPS) is 5.92. The number of hydrogen-bond donors (Lipinski definition) is 2. The topological polar surface area (TPSA) is 728 Å². The summed E-state index contributed by atoms with van der Waals surface area (Å²) in [6.07, 6.45) is 9.08. The van der Waals surface area contributed by atoms with Gasteiger partial charge in [-0.2, -0.15) is 42.7 Å². The summed E-state index contributed by atoms with van der Waals surface area (Å²) < 4.78 is 0. The van der Waals surface area contributed by atoms with E-state index >= 15 is 0 Å². The largest absolute Gasteiger partial charge is 2.00 e. The first-order chi connectivity index (χ1) is 25.2. The Morgan fingerprint density at radius 1 is 0.347 bits per heavy atom. The average molecular weight is 1400 g/mol. The van der Waals surface area contributed by atoms with Gasteiger partial charge in [-0.25, -0.2) is 19.9 Å². The van der Waals surface area contributed by atoms with Gasteiger partial charge in [0, 0.05) is 136 Å². The number of anilines is 4. The molecule has 6 N–H and O–H groups in total. The van der Waals surface area contributed by atoms with Gasteiger partial charge in [-0.1, -0.05) is 38.1 Å². The first kappa shape index (κ1) is 195. The molecule has 0 aliphatic carbocycles. The number of hydrogen-bond acceptors (Lipinski definition) is 16. The Morgan fingerprint density at radius 2 is 0.480 bits per heavy atom. The maximum absolute atomic E-state index is 9.98. The molecule has 0 amide bonds. The maximum Gasteiger partial charge on any atom is 2.00 e. The quantitative estimate of drug-likeness (QED) is 0.103. The van der Waals surface area contributed by atoms with Crippen LogP contribution in [0, 0.1) is 0 Å². The Kier molecular flexibility index (Phi) is 446. The van der Waals surface area contributed by atoms with Gasteiger partial charge in [-0.3, -0.25) is 9.59 Å². The number of nitrogens with one attached hydrogen (secondary N) is 2. The van der Waals surface area contributed by atoms with Crippen LogP contribution in [0.5, 0.6) is 0 Å². The van der Waals surface area contributed by atoms with E-state index in [1.54, 1.807) is 24.8 Å². The molecule has 0 aliphatic rings. The molecule has 4 aromatic rings. The van der Waals surface area contributed by atoms with Crippen molar-refractivity contribution in [2.75, 3.05) is 53.3 Å². The molecule has 460 valence electrons. The van der Waals surface area contributed by atoms with Crippen LogP contribution in [0.1, 0.15) is 27.7 Å². The van der Waals surface area contributed by atoms with E-state index in [1.807, 2.05) is 72.8 Å². The van der Waals surface area contributed by atoms with Gasteiger partial charge in [-0.05, 0) is 74.5 Å². The second-order valence-corrected chi connectivity index (χ2v) is 7.84. The third-order valence-electron chi connectivity index (χ3n) is 3.98. The number of carbonyl (C=O) groups is 2. The van der Waals surface area contributed by atoms with Gasteiger partial charge < -0.3 is 134 Å². The van der Waals surface area contributed by atoms with Crippen LogP contribution in [-0.4, -0.2) is 85.1 Å². The third kappa shape index (κ3) is 167. The number of carbonyl (C=O) groups excluding carboxylic acids is 2. The summed E-state index contributed by atoms with van der Waals surface area (Å²) in [5, 5.41) is 75.6. The van der Waals surface area contributed by atoms with Crippen LogP contribution in [-0.2, 0) is 226 Å². The molecule has 8 radical (unpaired) electrons. The Balaban J connectivity index is -0.0000000121. The van der Waals surface area contributed by atoms with Crippen LogP contribution in [0.3, 0.4) is 0 Å². The Bertz CT molecular complexity index is 1220. The number of nitrogens with zero attached hydrogens (tertiary/aromatic N) is 4. The summed E-state index contributed by atoms with van der Waals surface area (Å²) in [6, 6.07) is 22.8. The number of rotatable bonds is 6. The summed E-state index contributed by atoms with van der Waals surface area (Å²) in [4.78, 5) is 36.4. The molecule has 0 unspecified atom stereocenters. The van der Waals surface area contributed by atoms with Gasteiger partial charge >= 0.3 is 34.1 Å². The summed E-state index contributed by atoms with van der Waals surface area (Å²) in [6.45, 7) is 5.39. The van der Waals surface area contributed by atoms with E-state index in [2.05, 4.69) is 30.6 Å².